The Hall–Kier alpha value is -3.39. The molecule has 1 unspecified atom stereocenters. The average Bonchev–Trinajstić information content (AvgIpc) is 3.22. The Bertz CT molecular complexity index is 876. The minimum Gasteiger partial charge on any atom is -0.478 e. The Morgan fingerprint density at radius 2 is 1.69 bits per heavy atom. The molecule has 1 aliphatic heterocycles. The van der Waals surface area contributed by atoms with Crippen LogP contribution in [0.25, 0.3) is 0 Å². The van der Waals surface area contributed by atoms with E-state index in [0.717, 1.165) is 19.4 Å². The van der Waals surface area contributed by atoms with Crippen molar-refractivity contribution < 1.29 is 24.2 Å². The molecule has 1 saturated heterocycles. The first-order valence-electron chi connectivity index (χ1n) is 9.39. The van der Waals surface area contributed by atoms with Crippen LogP contribution >= 0.6 is 0 Å². The number of aromatic carboxylic acids is 1. The van der Waals surface area contributed by atoms with Gasteiger partial charge in [0, 0.05) is 24.5 Å². The molecule has 3 rings (SSSR count). The van der Waals surface area contributed by atoms with Crippen LogP contribution in [0.1, 0.15) is 28.8 Å². The Balaban J connectivity index is 1.49. The molecule has 1 heterocycles. The zero-order chi connectivity index (χ0) is 20.6. The van der Waals surface area contributed by atoms with Crippen molar-refractivity contribution in [1.82, 2.24) is 5.32 Å². The normalized spacial score (nSPS) is 15.5. The summed E-state index contributed by atoms with van der Waals surface area (Å²) in [6.45, 7) is 1.21. The van der Waals surface area contributed by atoms with E-state index < -0.39 is 5.97 Å². The van der Waals surface area contributed by atoms with E-state index in [0.29, 0.717) is 23.5 Å². The Morgan fingerprint density at radius 1 is 1.00 bits per heavy atom. The van der Waals surface area contributed by atoms with Crippen LogP contribution in [-0.4, -0.2) is 42.3 Å². The van der Waals surface area contributed by atoms with E-state index in [9.17, 15) is 19.5 Å². The van der Waals surface area contributed by atoms with Gasteiger partial charge in [0.25, 0.3) is 0 Å². The van der Waals surface area contributed by atoms with Crippen molar-refractivity contribution in [3.63, 3.8) is 0 Å². The number of urea groups is 1. The van der Waals surface area contributed by atoms with Crippen molar-refractivity contribution in [3.05, 3.63) is 59.7 Å². The van der Waals surface area contributed by atoms with Gasteiger partial charge in [-0.15, -0.1) is 0 Å². The number of carbonyl (C=O) groups is 3. The summed E-state index contributed by atoms with van der Waals surface area (Å²) in [5.74, 6) is -1.39. The first-order chi connectivity index (χ1) is 14.0. The van der Waals surface area contributed by atoms with E-state index in [-0.39, 0.29) is 30.0 Å². The number of amides is 3. The van der Waals surface area contributed by atoms with Gasteiger partial charge in [0.2, 0.25) is 5.91 Å². The van der Waals surface area contributed by atoms with Gasteiger partial charge in [-0.25, -0.2) is 9.59 Å². The SMILES string of the molecule is O=C(Cc1ccccc1C(=O)O)Nc1ccc(NC(=O)NCC2CCCO2)cc1. The standard InChI is InChI=1S/C21H23N3O5/c25-19(12-14-4-1-2-6-18(14)20(26)27)23-15-7-9-16(10-8-15)24-21(28)22-13-17-5-3-11-29-17/h1-2,4,6-10,17H,3,5,11-13H2,(H,23,25)(H,26,27)(H2,22,24,28). The predicted molar refractivity (Wildman–Crippen MR) is 108 cm³/mol. The van der Waals surface area contributed by atoms with Gasteiger partial charge in [0.15, 0.2) is 0 Å². The summed E-state index contributed by atoms with van der Waals surface area (Å²) in [6.07, 6.45) is 1.99. The maximum Gasteiger partial charge on any atom is 0.335 e. The summed E-state index contributed by atoms with van der Waals surface area (Å²) in [7, 11) is 0. The van der Waals surface area contributed by atoms with Gasteiger partial charge in [0.1, 0.15) is 0 Å². The highest BCUT2D eigenvalue weighted by Gasteiger charge is 2.16. The summed E-state index contributed by atoms with van der Waals surface area (Å²) in [4.78, 5) is 35.4. The molecule has 4 N–H and O–H groups in total. The van der Waals surface area contributed by atoms with Gasteiger partial charge in [0.05, 0.1) is 18.1 Å². The van der Waals surface area contributed by atoms with Crippen molar-refractivity contribution in [2.75, 3.05) is 23.8 Å². The van der Waals surface area contributed by atoms with E-state index >= 15 is 0 Å². The lowest BCUT2D eigenvalue weighted by atomic mass is 10.0. The highest BCUT2D eigenvalue weighted by Crippen LogP contribution is 2.16. The van der Waals surface area contributed by atoms with E-state index in [2.05, 4.69) is 16.0 Å². The molecule has 1 aliphatic rings. The Morgan fingerprint density at radius 3 is 2.34 bits per heavy atom. The molecule has 0 saturated carbocycles. The second kappa shape index (κ2) is 9.70. The van der Waals surface area contributed by atoms with Gasteiger partial charge in [-0.2, -0.15) is 0 Å². The molecule has 0 aromatic heterocycles. The maximum atomic E-state index is 12.2. The number of ether oxygens (including phenoxy) is 1. The maximum absolute atomic E-state index is 12.2. The lowest BCUT2D eigenvalue weighted by molar-refractivity contribution is -0.115. The first kappa shape index (κ1) is 20.3. The third-order valence-electron chi connectivity index (χ3n) is 4.54. The van der Waals surface area contributed by atoms with Crippen LogP contribution < -0.4 is 16.0 Å². The Labute approximate surface area is 168 Å². The fraction of sp³-hybridized carbons (Fsp3) is 0.286. The first-order valence-corrected chi connectivity index (χ1v) is 9.39. The van der Waals surface area contributed by atoms with E-state index in [1.165, 1.54) is 6.07 Å². The second-order valence-corrected chi connectivity index (χ2v) is 6.73. The number of rotatable bonds is 7. The van der Waals surface area contributed by atoms with Gasteiger partial charge < -0.3 is 25.8 Å². The highest BCUT2D eigenvalue weighted by molar-refractivity contribution is 5.96. The van der Waals surface area contributed by atoms with Gasteiger partial charge in [-0.05, 0) is 48.7 Å². The molecule has 1 atom stereocenters. The van der Waals surface area contributed by atoms with Crippen LogP contribution in [-0.2, 0) is 16.0 Å². The number of hydrogen-bond acceptors (Lipinski definition) is 4. The van der Waals surface area contributed by atoms with Crippen molar-refractivity contribution in [2.45, 2.75) is 25.4 Å². The van der Waals surface area contributed by atoms with Crippen molar-refractivity contribution in [2.24, 2.45) is 0 Å². The predicted octanol–water partition coefficient (Wildman–Crippen LogP) is 2.87. The van der Waals surface area contributed by atoms with Crippen molar-refractivity contribution >= 4 is 29.3 Å². The topological polar surface area (TPSA) is 117 Å². The number of carboxylic acids is 1. The average molecular weight is 397 g/mol. The number of anilines is 2. The monoisotopic (exact) mass is 397 g/mol. The van der Waals surface area contributed by atoms with Gasteiger partial charge in [-0.1, -0.05) is 18.2 Å². The minimum absolute atomic E-state index is 0.0475. The van der Waals surface area contributed by atoms with Crippen LogP contribution in [0.5, 0.6) is 0 Å². The molecule has 2 aromatic carbocycles. The molecule has 0 bridgehead atoms. The number of nitrogens with one attached hydrogen (secondary N) is 3. The molecule has 3 amide bonds. The zero-order valence-electron chi connectivity index (χ0n) is 15.8. The summed E-state index contributed by atoms with van der Waals surface area (Å²) >= 11 is 0. The van der Waals surface area contributed by atoms with Crippen LogP contribution in [0.3, 0.4) is 0 Å². The van der Waals surface area contributed by atoms with E-state index in [4.69, 9.17) is 4.74 Å². The number of carboxylic acid groups (broad SMARTS) is 1. The summed E-state index contributed by atoms with van der Waals surface area (Å²) < 4.78 is 5.45. The largest absolute Gasteiger partial charge is 0.478 e. The molecule has 8 heteroatoms. The number of benzene rings is 2. The third-order valence-corrected chi connectivity index (χ3v) is 4.54. The molecule has 0 radical (unpaired) electrons. The summed E-state index contributed by atoms with van der Waals surface area (Å²) in [5, 5.41) is 17.4. The number of hydrogen-bond donors (Lipinski definition) is 4. The molecule has 0 spiro atoms. The lowest BCUT2D eigenvalue weighted by Crippen LogP contribution is -2.35. The summed E-state index contributed by atoms with van der Waals surface area (Å²) in [5.41, 5.74) is 1.69. The van der Waals surface area contributed by atoms with Crippen molar-refractivity contribution in [1.29, 1.82) is 0 Å². The van der Waals surface area contributed by atoms with E-state index in [1.54, 1.807) is 42.5 Å². The molecule has 29 heavy (non-hydrogen) atoms. The summed E-state index contributed by atoms with van der Waals surface area (Å²) in [6, 6.07) is 12.8. The molecule has 2 aromatic rings. The molecule has 8 nitrogen and oxygen atoms in total. The van der Waals surface area contributed by atoms with Crippen molar-refractivity contribution in [3.8, 4) is 0 Å². The van der Waals surface area contributed by atoms with Crippen LogP contribution in [0, 0.1) is 0 Å². The minimum atomic E-state index is -1.07. The lowest BCUT2D eigenvalue weighted by Gasteiger charge is -2.12. The Kier molecular flexibility index (Phi) is 6.80. The fourth-order valence-corrected chi connectivity index (χ4v) is 3.09. The highest BCUT2D eigenvalue weighted by atomic mass is 16.5. The van der Waals surface area contributed by atoms with Gasteiger partial charge in [-0.3, -0.25) is 4.79 Å². The molecule has 0 aliphatic carbocycles. The third kappa shape index (κ3) is 6.05. The van der Waals surface area contributed by atoms with Crippen LogP contribution in [0.2, 0.25) is 0 Å². The van der Waals surface area contributed by atoms with Crippen LogP contribution in [0.15, 0.2) is 48.5 Å². The smallest absolute Gasteiger partial charge is 0.335 e. The van der Waals surface area contributed by atoms with E-state index in [1.807, 2.05) is 0 Å². The zero-order valence-corrected chi connectivity index (χ0v) is 15.8. The number of carbonyl (C=O) groups excluding carboxylic acids is 2. The molecule has 1 fully saturated rings. The molecular weight excluding hydrogens is 374 g/mol. The quantitative estimate of drug-likeness (QED) is 0.573. The second-order valence-electron chi connectivity index (χ2n) is 6.73. The van der Waals surface area contributed by atoms with Crippen LogP contribution in [0.4, 0.5) is 16.2 Å². The molecular formula is C21H23N3O5. The molecule has 152 valence electrons. The van der Waals surface area contributed by atoms with Gasteiger partial charge >= 0.3 is 12.0 Å². The fourth-order valence-electron chi connectivity index (χ4n) is 3.09.